The van der Waals surface area contributed by atoms with Crippen LogP contribution in [-0.4, -0.2) is 27.8 Å². The fourth-order valence-electron chi connectivity index (χ4n) is 2.08. The van der Waals surface area contributed by atoms with Crippen molar-refractivity contribution in [2.45, 2.75) is 52.2 Å². The first kappa shape index (κ1) is 17.1. The third-order valence-corrected chi connectivity index (χ3v) is 3.32. The van der Waals surface area contributed by atoms with E-state index in [9.17, 15) is 14.9 Å². The van der Waals surface area contributed by atoms with Crippen LogP contribution in [0.15, 0.2) is 24.3 Å². The largest absolute Gasteiger partial charge is 0.335 e. The molecule has 1 aromatic rings. The standard InChI is InChI=1S/C15H23N3O3/c1-4-5-14(16)15(19)17(11(2)3)10-12-6-8-13(9-7-12)18(20)21/h6-9,11,14H,4-5,10,16H2,1-3H3. The Morgan fingerprint density at radius 1 is 1.33 bits per heavy atom. The summed E-state index contributed by atoms with van der Waals surface area (Å²) in [5, 5.41) is 10.6. The molecule has 6 nitrogen and oxygen atoms in total. The van der Waals surface area contributed by atoms with E-state index < -0.39 is 11.0 Å². The molecule has 0 aliphatic rings. The summed E-state index contributed by atoms with van der Waals surface area (Å²) in [5.74, 6) is -0.0785. The van der Waals surface area contributed by atoms with E-state index in [0.29, 0.717) is 13.0 Å². The molecule has 1 amide bonds. The van der Waals surface area contributed by atoms with Crippen molar-refractivity contribution in [1.82, 2.24) is 4.90 Å². The Morgan fingerprint density at radius 2 is 1.90 bits per heavy atom. The number of hydrogen-bond donors (Lipinski definition) is 1. The first-order chi connectivity index (χ1) is 9.86. The number of hydrogen-bond acceptors (Lipinski definition) is 4. The van der Waals surface area contributed by atoms with E-state index in [4.69, 9.17) is 5.73 Å². The Kier molecular flexibility index (Phi) is 6.30. The highest BCUT2D eigenvalue weighted by Crippen LogP contribution is 2.15. The molecule has 2 N–H and O–H groups in total. The molecule has 0 spiro atoms. The summed E-state index contributed by atoms with van der Waals surface area (Å²) in [7, 11) is 0. The fourth-order valence-corrected chi connectivity index (χ4v) is 2.08. The van der Waals surface area contributed by atoms with Crippen molar-refractivity contribution >= 4 is 11.6 Å². The number of rotatable bonds is 7. The van der Waals surface area contributed by atoms with E-state index in [1.165, 1.54) is 12.1 Å². The molecule has 0 heterocycles. The first-order valence-electron chi connectivity index (χ1n) is 7.16. The maximum Gasteiger partial charge on any atom is 0.269 e. The summed E-state index contributed by atoms with van der Waals surface area (Å²) in [4.78, 5) is 24.3. The van der Waals surface area contributed by atoms with Crippen molar-refractivity contribution in [3.63, 3.8) is 0 Å². The van der Waals surface area contributed by atoms with E-state index in [0.717, 1.165) is 12.0 Å². The Balaban J connectivity index is 2.83. The van der Waals surface area contributed by atoms with E-state index >= 15 is 0 Å². The maximum absolute atomic E-state index is 12.3. The van der Waals surface area contributed by atoms with Gasteiger partial charge in [0.1, 0.15) is 0 Å². The Bertz CT molecular complexity index is 485. The van der Waals surface area contributed by atoms with E-state index in [1.807, 2.05) is 20.8 Å². The number of nitro groups is 1. The van der Waals surface area contributed by atoms with Gasteiger partial charge in [0.2, 0.25) is 5.91 Å². The number of benzene rings is 1. The molecule has 116 valence electrons. The van der Waals surface area contributed by atoms with E-state index in [2.05, 4.69) is 0 Å². The predicted molar refractivity (Wildman–Crippen MR) is 81.7 cm³/mol. The van der Waals surface area contributed by atoms with Crippen LogP contribution in [0.1, 0.15) is 39.2 Å². The molecule has 0 bridgehead atoms. The van der Waals surface area contributed by atoms with Crippen molar-refractivity contribution in [1.29, 1.82) is 0 Å². The second-order valence-corrected chi connectivity index (χ2v) is 5.38. The van der Waals surface area contributed by atoms with Crippen LogP contribution in [-0.2, 0) is 11.3 Å². The van der Waals surface area contributed by atoms with Crippen LogP contribution < -0.4 is 5.73 Å². The summed E-state index contributed by atoms with van der Waals surface area (Å²) < 4.78 is 0. The quantitative estimate of drug-likeness (QED) is 0.617. The van der Waals surface area contributed by atoms with Crippen LogP contribution in [0.25, 0.3) is 0 Å². The van der Waals surface area contributed by atoms with Gasteiger partial charge in [0, 0.05) is 24.7 Å². The van der Waals surface area contributed by atoms with Gasteiger partial charge in [0.25, 0.3) is 5.69 Å². The second-order valence-electron chi connectivity index (χ2n) is 5.38. The third-order valence-electron chi connectivity index (χ3n) is 3.32. The summed E-state index contributed by atoms with van der Waals surface area (Å²) in [6.45, 7) is 6.26. The van der Waals surface area contributed by atoms with Crippen LogP contribution >= 0.6 is 0 Å². The average molecular weight is 293 g/mol. The number of nitrogens with zero attached hydrogens (tertiary/aromatic N) is 2. The minimum atomic E-state index is -0.490. The Labute approximate surface area is 125 Å². The number of non-ortho nitro benzene ring substituents is 1. The zero-order chi connectivity index (χ0) is 16.0. The highest BCUT2D eigenvalue weighted by atomic mass is 16.6. The van der Waals surface area contributed by atoms with Crippen molar-refractivity contribution < 1.29 is 9.72 Å². The Morgan fingerprint density at radius 3 is 2.33 bits per heavy atom. The minimum absolute atomic E-state index is 0.0237. The van der Waals surface area contributed by atoms with Gasteiger partial charge < -0.3 is 10.6 Å². The van der Waals surface area contributed by atoms with Crippen LogP contribution in [0, 0.1) is 10.1 Å². The highest BCUT2D eigenvalue weighted by Gasteiger charge is 2.23. The molecule has 1 atom stereocenters. The molecule has 0 fully saturated rings. The predicted octanol–water partition coefficient (Wildman–Crippen LogP) is 2.46. The lowest BCUT2D eigenvalue weighted by atomic mass is 10.1. The second kappa shape index (κ2) is 7.73. The van der Waals surface area contributed by atoms with Gasteiger partial charge in [-0.3, -0.25) is 14.9 Å². The van der Waals surface area contributed by atoms with Gasteiger partial charge in [-0.25, -0.2) is 0 Å². The van der Waals surface area contributed by atoms with Gasteiger partial charge in [-0.2, -0.15) is 0 Å². The SMILES string of the molecule is CCCC(N)C(=O)N(Cc1ccc([N+](=O)[O-])cc1)C(C)C. The number of nitro benzene ring substituents is 1. The summed E-state index contributed by atoms with van der Waals surface area (Å²) in [5.41, 5.74) is 6.80. The molecule has 0 radical (unpaired) electrons. The maximum atomic E-state index is 12.3. The zero-order valence-electron chi connectivity index (χ0n) is 12.8. The van der Waals surface area contributed by atoms with Gasteiger partial charge in [0.05, 0.1) is 11.0 Å². The summed E-state index contributed by atoms with van der Waals surface area (Å²) in [6.07, 6.45) is 1.51. The van der Waals surface area contributed by atoms with Crippen molar-refractivity contribution in [2.75, 3.05) is 0 Å². The van der Waals surface area contributed by atoms with Gasteiger partial charge >= 0.3 is 0 Å². The van der Waals surface area contributed by atoms with Crippen molar-refractivity contribution in [3.8, 4) is 0 Å². The van der Waals surface area contributed by atoms with Crippen LogP contribution in [0.4, 0.5) is 5.69 Å². The molecule has 1 rings (SSSR count). The molecule has 0 aliphatic heterocycles. The molecule has 0 saturated carbocycles. The van der Waals surface area contributed by atoms with Gasteiger partial charge in [-0.05, 0) is 25.8 Å². The van der Waals surface area contributed by atoms with E-state index in [-0.39, 0.29) is 17.6 Å². The fraction of sp³-hybridized carbons (Fsp3) is 0.533. The molecular formula is C15H23N3O3. The molecule has 1 aromatic carbocycles. The van der Waals surface area contributed by atoms with E-state index in [1.54, 1.807) is 17.0 Å². The third kappa shape index (κ3) is 4.82. The summed E-state index contributed by atoms with van der Waals surface area (Å²) >= 11 is 0. The molecule has 1 unspecified atom stereocenters. The van der Waals surface area contributed by atoms with Gasteiger partial charge in [-0.15, -0.1) is 0 Å². The first-order valence-corrected chi connectivity index (χ1v) is 7.16. The van der Waals surface area contributed by atoms with Gasteiger partial charge in [0.15, 0.2) is 0 Å². The normalized spacial score (nSPS) is 12.2. The number of amides is 1. The lowest BCUT2D eigenvalue weighted by Crippen LogP contribution is -2.46. The summed E-state index contributed by atoms with van der Waals surface area (Å²) in [6, 6.07) is 5.78. The minimum Gasteiger partial charge on any atom is -0.335 e. The number of nitrogens with two attached hydrogens (primary N) is 1. The molecule has 0 saturated heterocycles. The van der Waals surface area contributed by atoms with Crippen LogP contribution in [0.3, 0.4) is 0 Å². The van der Waals surface area contributed by atoms with Crippen LogP contribution in [0.2, 0.25) is 0 Å². The van der Waals surface area contributed by atoms with Gasteiger partial charge in [-0.1, -0.05) is 25.5 Å². The molecular weight excluding hydrogens is 270 g/mol. The lowest BCUT2D eigenvalue weighted by molar-refractivity contribution is -0.384. The van der Waals surface area contributed by atoms with Crippen LogP contribution in [0.5, 0.6) is 0 Å². The molecule has 0 aliphatic carbocycles. The molecule has 0 aromatic heterocycles. The number of carbonyl (C=O) groups excluding carboxylic acids is 1. The number of carbonyl (C=O) groups is 1. The van der Waals surface area contributed by atoms with Crippen molar-refractivity contribution in [3.05, 3.63) is 39.9 Å². The Hall–Kier alpha value is -1.95. The lowest BCUT2D eigenvalue weighted by Gasteiger charge is -2.29. The molecule has 21 heavy (non-hydrogen) atoms. The molecule has 6 heteroatoms. The average Bonchev–Trinajstić information content (AvgIpc) is 2.44. The monoisotopic (exact) mass is 293 g/mol. The smallest absolute Gasteiger partial charge is 0.269 e. The topological polar surface area (TPSA) is 89.5 Å². The zero-order valence-corrected chi connectivity index (χ0v) is 12.8. The highest BCUT2D eigenvalue weighted by molar-refractivity contribution is 5.81. The van der Waals surface area contributed by atoms with Crippen molar-refractivity contribution in [2.24, 2.45) is 5.73 Å².